The van der Waals surface area contributed by atoms with Crippen LogP contribution in [0.3, 0.4) is 0 Å². The number of phenolic OH excluding ortho intramolecular Hbond substituents is 1. The molecule has 18 heavy (non-hydrogen) atoms. The summed E-state index contributed by atoms with van der Waals surface area (Å²) in [6, 6.07) is 7.95. The van der Waals surface area contributed by atoms with Gasteiger partial charge in [0, 0.05) is 10.6 Å². The molecule has 0 aliphatic rings. The van der Waals surface area contributed by atoms with Gasteiger partial charge in [0.2, 0.25) is 0 Å². The smallest absolute Gasteiger partial charge is 0.338 e. The number of aromatic carboxylic acids is 1. The number of aromatic hydroxyl groups is 1. The summed E-state index contributed by atoms with van der Waals surface area (Å²) in [5, 5.41) is 18.9. The molecule has 92 valence electrons. The third-order valence-corrected chi connectivity index (χ3v) is 2.70. The third-order valence-electron chi connectivity index (χ3n) is 2.47. The first-order valence-electron chi connectivity index (χ1n) is 5.01. The topological polar surface area (TPSA) is 57.5 Å². The second-order valence-corrected chi connectivity index (χ2v) is 4.10. The quantitative estimate of drug-likeness (QED) is 0.874. The van der Waals surface area contributed by atoms with Crippen molar-refractivity contribution in [2.45, 2.75) is 0 Å². The Kier molecular flexibility index (Phi) is 3.21. The van der Waals surface area contributed by atoms with E-state index < -0.39 is 17.3 Å². The maximum absolute atomic E-state index is 13.2. The van der Waals surface area contributed by atoms with Crippen molar-refractivity contribution in [3.05, 3.63) is 52.8 Å². The van der Waals surface area contributed by atoms with E-state index in [1.54, 1.807) is 0 Å². The van der Waals surface area contributed by atoms with Crippen LogP contribution in [0.15, 0.2) is 36.4 Å². The van der Waals surface area contributed by atoms with E-state index in [2.05, 4.69) is 0 Å². The number of halogens is 2. The Morgan fingerprint density at radius 1 is 1.17 bits per heavy atom. The van der Waals surface area contributed by atoms with E-state index in [0.717, 1.165) is 12.1 Å². The van der Waals surface area contributed by atoms with E-state index in [1.165, 1.54) is 24.3 Å². The van der Waals surface area contributed by atoms with E-state index in [-0.39, 0.29) is 5.75 Å². The highest BCUT2D eigenvalue weighted by molar-refractivity contribution is 6.31. The lowest BCUT2D eigenvalue weighted by atomic mass is 10.0. The van der Waals surface area contributed by atoms with Crippen LogP contribution in [-0.2, 0) is 0 Å². The molecule has 2 aromatic carbocycles. The highest BCUT2D eigenvalue weighted by Gasteiger charge is 2.13. The summed E-state index contributed by atoms with van der Waals surface area (Å²) in [5.74, 6) is -2.24. The molecule has 0 heterocycles. The van der Waals surface area contributed by atoms with Gasteiger partial charge in [-0.05, 0) is 35.9 Å². The molecule has 0 amide bonds. The minimum absolute atomic E-state index is 0.0534. The van der Waals surface area contributed by atoms with Crippen LogP contribution in [0.5, 0.6) is 5.75 Å². The highest BCUT2D eigenvalue weighted by Crippen LogP contribution is 2.32. The molecule has 5 heteroatoms. The molecule has 0 aromatic heterocycles. The number of carboxylic acids is 1. The normalized spacial score (nSPS) is 10.3. The first-order valence-corrected chi connectivity index (χ1v) is 5.38. The summed E-state index contributed by atoms with van der Waals surface area (Å²) in [7, 11) is 0. The number of benzene rings is 2. The van der Waals surface area contributed by atoms with Gasteiger partial charge in [-0.25, -0.2) is 9.18 Å². The summed E-state index contributed by atoms with van der Waals surface area (Å²) in [4.78, 5) is 10.8. The molecule has 0 fully saturated rings. The molecule has 0 atom stereocenters. The molecule has 2 N–H and O–H groups in total. The molecular weight excluding hydrogens is 259 g/mol. The number of hydrogen-bond acceptors (Lipinski definition) is 2. The van der Waals surface area contributed by atoms with Gasteiger partial charge in [0.15, 0.2) is 0 Å². The van der Waals surface area contributed by atoms with Crippen molar-refractivity contribution in [3.8, 4) is 16.9 Å². The monoisotopic (exact) mass is 266 g/mol. The van der Waals surface area contributed by atoms with Crippen molar-refractivity contribution in [2.24, 2.45) is 0 Å². The van der Waals surface area contributed by atoms with E-state index in [0.29, 0.717) is 16.1 Å². The second-order valence-electron chi connectivity index (χ2n) is 3.66. The Labute approximate surface area is 107 Å². The number of hydrogen-bond donors (Lipinski definition) is 2. The van der Waals surface area contributed by atoms with Crippen LogP contribution in [0.4, 0.5) is 4.39 Å². The Hall–Kier alpha value is -2.07. The second kappa shape index (κ2) is 4.66. The molecule has 3 nitrogen and oxygen atoms in total. The van der Waals surface area contributed by atoms with Gasteiger partial charge in [-0.3, -0.25) is 0 Å². The molecule has 0 bridgehead atoms. The predicted molar refractivity (Wildman–Crippen MR) is 65.5 cm³/mol. The largest absolute Gasteiger partial charge is 0.507 e. The van der Waals surface area contributed by atoms with Crippen molar-refractivity contribution < 1.29 is 19.4 Å². The highest BCUT2D eigenvalue weighted by atomic mass is 35.5. The van der Waals surface area contributed by atoms with Crippen LogP contribution in [-0.4, -0.2) is 16.2 Å². The van der Waals surface area contributed by atoms with Crippen molar-refractivity contribution in [2.75, 3.05) is 0 Å². The van der Waals surface area contributed by atoms with Crippen LogP contribution in [0.25, 0.3) is 11.1 Å². The van der Waals surface area contributed by atoms with E-state index in [1.807, 2.05) is 0 Å². The SMILES string of the molecule is O=C(O)c1cc(-c2cc(Cl)ccc2O)ccc1F. The summed E-state index contributed by atoms with van der Waals surface area (Å²) < 4.78 is 13.2. The standard InChI is InChI=1S/C13H8ClFO3/c14-8-2-4-12(16)9(6-8)7-1-3-11(15)10(5-7)13(17)18/h1-6,16H,(H,17,18). The Morgan fingerprint density at radius 2 is 1.89 bits per heavy atom. The zero-order valence-corrected chi connectivity index (χ0v) is 9.78. The van der Waals surface area contributed by atoms with Crippen LogP contribution in [0.2, 0.25) is 5.02 Å². The van der Waals surface area contributed by atoms with Crippen LogP contribution < -0.4 is 0 Å². The van der Waals surface area contributed by atoms with Gasteiger partial charge in [0.1, 0.15) is 11.6 Å². The van der Waals surface area contributed by atoms with Crippen molar-refractivity contribution >= 4 is 17.6 Å². The molecule has 0 saturated carbocycles. The minimum atomic E-state index is -1.36. The maximum Gasteiger partial charge on any atom is 0.338 e. The van der Waals surface area contributed by atoms with E-state index in [9.17, 15) is 14.3 Å². The molecule has 2 aromatic rings. The first kappa shape index (κ1) is 12.4. The number of rotatable bonds is 2. The van der Waals surface area contributed by atoms with Crippen LogP contribution in [0.1, 0.15) is 10.4 Å². The number of carbonyl (C=O) groups is 1. The maximum atomic E-state index is 13.2. The number of phenols is 1. The van der Waals surface area contributed by atoms with Gasteiger partial charge in [-0.15, -0.1) is 0 Å². The lowest BCUT2D eigenvalue weighted by Crippen LogP contribution is -2.00. The average molecular weight is 267 g/mol. The fourth-order valence-electron chi connectivity index (χ4n) is 1.60. The van der Waals surface area contributed by atoms with Gasteiger partial charge in [-0.1, -0.05) is 17.7 Å². The average Bonchev–Trinajstić information content (AvgIpc) is 2.33. The zero-order valence-electron chi connectivity index (χ0n) is 9.02. The first-order chi connectivity index (χ1) is 8.49. The van der Waals surface area contributed by atoms with Crippen LogP contribution in [0, 0.1) is 5.82 Å². The fourth-order valence-corrected chi connectivity index (χ4v) is 1.77. The van der Waals surface area contributed by atoms with Gasteiger partial charge in [-0.2, -0.15) is 0 Å². The van der Waals surface area contributed by atoms with Crippen molar-refractivity contribution in [1.29, 1.82) is 0 Å². The van der Waals surface area contributed by atoms with Gasteiger partial charge < -0.3 is 10.2 Å². The molecule has 2 rings (SSSR count). The Bertz CT molecular complexity index is 626. The Balaban J connectivity index is 2.61. The fraction of sp³-hybridized carbons (Fsp3) is 0. The van der Waals surface area contributed by atoms with Gasteiger partial charge >= 0.3 is 5.97 Å². The molecule has 0 spiro atoms. The van der Waals surface area contributed by atoms with E-state index in [4.69, 9.17) is 16.7 Å². The molecule has 0 aliphatic carbocycles. The lowest BCUT2D eigenvalue weighted by Gasteiger charge is -2.07. The third kappa shape index (κ3) is 2.28. The Morgan fingerprint density at radius 3 is 2.56 bits per heavy atom. The molecule has 0 unspecified atom stereocenters. The lowest BCUT2D eigenvalue weighted by molar-refractivity contribution is 0.0692. The summed E-state index contributed by atoms with van der Waals surface area (Å²) in [5.41, 5.74) is 0.283. The van der Waals surface area contributed by atoms with Crippen molar-refractivity contribution in [1.82, 2.24) is 0 Å². The summed E-state index contributed by atoms with van der Waals surface area (Å²) in [6.45, 7) is 0. The summed E-state index contributed by atoms with van der Waals surface area (Å²) in [6.07, 6.45) is 0. The predicted octanol–water partition coefficient (Wildman–Crippen LogP) is 3.55. The van der Waals surface area contributed by atoms with Gasteiger partial charge in [0.05, 0.1) is 5.56 Å². The molecule has 0 aliphatic heterocycles. The van der Waals surface area contributed by atoms with E-state index >= 15 is 0 Å². The molecule has 0 radical (unpaired) electrons. The summed E-state index contributed by atoms with van der Waals surface area (Å²) >= 11 is 5.80. The minimum Gasteiger partial charge on any atom is -0.507 e. The van der Waals surface area contributed by atoms with Crippen molar-refractivity contribution in [3.63, 3.8) is 0 Å². The number of carboxylic acid groups (broad SMARTS) is 1. The molecular formula is C13H8ClFO3. The molecule has 0 saturated heterocycles. The van der Waals surface area contributed by atoms with Gasteiger partial charge in [0.25, 0.3) is 0 Å². The zero-order chi connectivity index (χ0) is 13.3. The van der Waals surface area contributed by atoms with Crippen LogP contribution >= 0.6 is 11.6 Å².